The molecule has 1 aliphatic heterocycles. The van der Waals surface area contributed by atoms with E-state index in [1.165, 1.54) is 4.90 Å². The zero-order chi connectivity index (χ0) is 12.8. The van der Waals surface area contributed by atoms with E-state index in [1.54, 1.807) is 6.92 Å². The summed E-state index contributed by atoms with van der Waals surface area (Å²) in [5.41, 5.74) is 0. The minimum absolute atomic E-state index is 0.126. The van der Waals surface area contributed by atoms with Crippen molar-refractivity contribution in [2.24, 2.45) is 5.92 Å². The van der Waals surface area contributed by atoms with Gasteiger partial charge in [-0.15, -0.1) is 6.42 Å². The van der Waals surface area contributed by atoms with Gasteiger partial charge in [0.2, 0.25) is 0 Å². The first-order valence-electron chi connectivity index (χ1n) is 5.40. The lowest BCUT2D eigenvalue weighted by Crippen LogP contribution is -2.50. The molecule has 1 saturated heterocycles. The lowest BCUT2D eigenvalue weighted by atomic mass is 10.0. The number of carboxylic acids is 1. The van der Waals surface area contributed by atoms with E-state index in [-0.39, 0.29) is 25.8 Å². The average molecular weight is 240 g/mol. The number of amides is 2. The zero-order valence-electron chi connectivity index (χ0n) is 9.68. The van der Waals surface area contributed by atoms with Crippen molar-refractivity contribution >= 4 is 12.0 Å². The summed E-state index contributed by atoms with van der Waals surface area (Å²) in [7, 11) is 0. The number of hydrogen-bond acceptors (Lipinski definition) is 3. The second kappa shape index (κ2) is 6.11. The maximum atomic E-state index is 11.8. The summed E-state index contributed by atoms with van der Waals surface area (Å²) < 4.78 is 5.13. The van der Waals surface area contributed by atoms with Crippen LogP contribution in [0.2, 0.25) is 0 Å². The van der Waals surface area contributed by atoms with Crippen LogP contribution in [-0.2, 0) is 9.53 Å². The first kappa shape index (κ1) is 13.3. The van der Waals surface area contributed by atoms with Crippen LogP contribution in [0, 0.1) is 18.3 Å². The molecule has 0 aliphatic carbocycles. The molecule has 2 unspecified atom stereocenters. The minimum atomic E-state index is -0.948. The predicted octanol–water partition coefficient (Wildman–Crippen LogP) is -0.249. The number of urea groups is 1. The van der Waals surface area contributed by atoms with Crippen LogP contribution in [0.4, 0.5) is 4.79 Å². The molecule has 0 aromatic heterocycles. The molecule has 1 heterocycles. The number of carbonyl (C=O) groups is 2. The number of rotatable bonds is 4. The number of carboxylic acid groups (broad SMARTS) is 1. The van der Waals surface area contributed by atoms with E-state index in [0.29, 0.717) is 6.54 Å². The SMILES string of the molecule is C#CCNC(=O)N(CC)C1COCC1C(=O)O. The third kappa shape index (κ3) is 3.11. The Kier molecular flexibility index (Phi) is 4.79. The summed E-state index contributed by atoms with van der Waals surface area (Å²) in [4.78, 5) is 24.2. The number of ether oxygens (including phenoxy) is 1. The maximum Gasteiger partial charge on any atom is 0.318 e. The predicted molar refractivity (Wildman–Crippen MR) is 60.3 cm³/mol. The van der Waals surface area contributed by atoms with Crippen LogP contribution >= 0.6 is 0 Å². The third-order valence-electron chi connectivity index (χ3n) is 2.71. The molecule has 1 rings (SSSR count). The van der Waals surface area contributed by atoms with Gasteiger partial charge >= 0.3 is 12.0 Å². The fourth-order valence-corrected chi connectivity index (χ4v) is 1.84. The summed E-state index contributed by atoms with van der Waals surface area (Å²) in [6.45, 7) is 2.70. The monoisotopic (exact) mass is 240 g/mol. The van der Waals surface area contributed by atoms with Crippen molar-refractivity contribution in [3.63, 3.8) is 0 Å². The smallest absolute Gasteiger partial charge is 0.318 e. The second-order valence-electron chi connectivity index (χ2n) is 3.70. The van der Waals surface area contributed by atoms with Gasteiger partial charge in [-0.3, -0.25) is 4.79 Å². The summed E-state index contributed by atoms with van der Waals surface area (Å²) in [5, 5.41) is 11.5. The van der Waals surface area contributed by atoms with Crippen molar-refractivity contribution in [3.05, 3.63) is 0 Å². The number of nitrogens with one attached hydrogen (secondary N) is 1. The van der Waals surface area contributed by atoms with E-state index in [9.17, 15) is 9.59 Å². The lowest BCUT2D eigenvalue weighted by Gasteiger charge is -2.29. The van der Waals surface area contributed by atoms with Gasteiger partial charge < -0.3 is 20.1 Å². The van der Waals surface area contributed by atoms with Crippen LogP contribution in [0.25, 0.3) is 0 Å². The fraction of sp³-hybridized carbons (Fsp3) is 0.636. The first-order chi connectivity index (χ1) is 8.11. The molecule has 0 aromatic rings. The topological polar surface area (TPSA) is 78.9 Å². The van der Waals surface area contributed by atoms with Gasteiger partial charge in [-0.2, -0.15) is 0 Å². The van der Waals surface area contributed by atoms with Gasteiger partial charge in [0.15, 0.2) is 0 Å². The molecule has 2 amide bonds. The summed E-state index contributed by atoms with van der Waals surface area (Å²) in [5.74, 6) is 0.673. The van der Waals surface area contributed by atoms with Gasteiger partial charge in [0.25, 0.3) is 0 Å². The lowest BCUT2D eigenvalue weighted by molar-refractivity contribution is -0.142. The second-order valence-corrected chi connectivity index (χ2v) is 3.70. The van der Waals surface area contributed by atoms with Crippen molar-refractivity contribution in [1.82, 2.24) is 10.2 Å². The fourth-order valence-electron chi connectivity index (χ4n) is 1.84. The van der Waals surface area contributed by atoms with E-state index in [2.05, 4.69) is 11.2 Å². The zero-order valence-corrected chi connectivity index (χ0v) is 9.68. The van der Waals surface area contributed by atoms with Gasteiger partial charge in [0.1, 0.15) is 5.92 Å². The Morgan fingerprint density at radius 1 is 1.59 bits per heavy atom. The van der Waals surface area contributed by atoms with Crippen LogP contribution in [-0.4, -0.2) is 54.4 Å². The molecule has 2 N–H and O–H groups in total. The Labute approximate surface area is 99.9 Å². The average Bonchev–Trinajstić information content (AvgIpc) is 2.76. The van der Waals surface area contributed by atoms with Crippen LogP contribution in [0.3, 0.4) is 0 Å². The van der Waals surface area contributed by atoms with Crippen molar-refractivity contribution in [2.45, 2.75) is 13.0 Å². The number of likely N-dealkylation sites (N-methyl/N-ethyl adjacent to an activating group) is 1. The van der Waals surface area contributed by atoms with Gasteiger partial charge in [0.05, 0.1) is 25.8 Å². The Morgan fingerprint density at radius 3 is 2.82 bits per heavy atom. The molecule has 0 bridgehead atoms. The Morgan fingerprint density at radius 2 is 2.29 bits per heavy atom. The third-order valence-corrected chi connectivity index (χ3v) is 2.71. The van der Waals surface area contributed by atoms with Gasteiger partial charge in [-0.1, -0.05) is 5.92 Å². The van der Waals surface area contributed by atoms with E-state index < -0.39 is 17.9 Å². The highest BCUT2D eigenvalue weighted by Crippen LogP contribution is 2.20. The molecule has 0 saturated carbocycles. The molecule has 1 fully saturated rings. The number of terminal acetylenes is 1. The molecule has 1 aliphatic rings. The minimum Gasteiger partial charge on any atom is -0.481 e. The van der Waals surface area contributed by atoms with Gasteiger partial charge in [0, 0.05) is 6.54 Å². The van der Waals surface area contributed by atoms with Crippen LogP contribution < -0.4 is 5.32 Å². The number of hydrogen-bond donors (Lipinski definition) is 2. The normalized spacial score (nSPS) is 22.8. The highest BCUT2D eigenvalue weighted by atomic mass is 16.5. The van der Waals surface area contributed by atoms with Crippen LogP contribution in [0.1, 0.15) is 6.92 Å². The first-order valence-corrected chi connectivity index (χ1v) is 5.40. The number of nitrogens with zero attached hydrogens (tertiary/aromatic N) is 1. The summed E-state index contributed by atoms with van der Waals surface area (Å²) >= 11 is 0. The number of aliphatic carboxylic acids is 1. The van der Waals surface area contributed by atoms with Crippen LogP contribution in [0.15, 0.2) is 0 Å². The highest BCUT2D eigenvalue weighted by molar-refractivity contribution is 5.77. The highest BCUT2D eigenvalue weighted by Gasteiger charge is 2.39. The Hall–Kier alpha value is -1.74. The van der Waals surface area contributed by atoms with E-state index >= 15 is 0 Å². The summed E-state index contributed by atoms with van der Waals surface area (Å²) in [6, 6.07) is -0.789. The number of carbonyl (C=O) groups excluding carboxylic acids is 1. The maximum absolute atomic E-state index is 11.8. The van der Waals surface area contributed by atoms with Gasteiger partial charge in [-0.25, -0.2) is 4.79 Å². The molecular formula is C11H16N2O4. The summed E-state index contributed by atoms with van der Waals surface area (Å²) in [6.07, 6.45) is 5.05. The van der Waals surface area contributed by atoms with E-state index in [0.717, 1.165) is 0 Å². The van der Waals surface area contributed by atoms with E-state index in [4.69, 9.17) is 16.3 Å². The molecular weight excluding hydrogens is 224 g/mol. The largest absolute Gasteiger partial charge is 0.481 e. The molecule has 0 radical (unpaired) electrons. The van der Waals surface area contributed by atoms with Crippen LogP contribution in [0.5, 0.6) is 0 Å². The van der Waals surface area contributed by atoms with Crippen molar-refractivity contribution in [2.75, 3.05) is 26.3 Å². The van der Waals surface area contributed by atoms with Gasteiger partial charge in [-0.05, 0) is 6.92 Å². The van der Waals surface area contributed by atoms with Crippen molar-refractivity contribution in [1.29, 1.82) is 0 Å². The molecule has 0 aromatic carbocycles. The molecule has 2 atom stereocenters. The van der Waals surface area contributed by atoms with Crippen molar-refractivity contribution in [3.8, 4) is 12.3 Å². The molecule has 17 heavy (non-hydrogen) atoms. The quantitative estimate of drug-likeness (QED) is 0.664. The Balaban J connectivity index is 2.69. The van der Waals surface area contributed by atoms with E-state index in [1.807, 2.05) is 0 Å². The standard InChI is InChI=1S/C11H16N2O4/c1-3-5-12-11(16)13(4-2)9-7-17-6-8(9)10(14)15/h1,8-9H,4-7H2,2H3,(H,12,16)(H,14,15). The Bertz CT molecular complexity index is 337. The molecule has 94 valence electrons. The van der Waals surface area contributed by atoms with Crippen molar-refractivity contribution < 1.29 is 19.4 Å². The molecule has 0 spiro atoms. The molecule has 6 nitrogen and oxygen atoms in total. The molecule has 6 heteroatoms.